The Morgan fingerprint density at radius 2 is 2.19 bits per heavy atom. The second kappa shape index (κ2) is 6.55. The molecule has 2 aromatic rings. The van der Waals surface area contributed by atoms with Crippen molar-refractivity contribution in [1.29, 1.82) is 0 Å². The van der Waals surface area contributed by atoms with Crippen LogP contribution in [0.5, 0.6) is 0 Å². The van der Waals surface area contributed by atoms with E-state index >= 15 is 0 Å². The minimum absolute atomic E-state index is 0.584. The molecule has 0 spiro atoms. The van der Waals surface area contributed by atoms with Crippen LogP contribution in [-0.2, 0) is 13.0 Å². The van der Waals surface area contributed by atoms with Crippen molar-refractivity contribution in [3.05, 3.63) is 29.0 Å². The van der Waals surface area contributed by atoms with Crippen molar-refractivity contribution in [1.82, 2.24) is 14.5 Å². The van der Waals surface area contributed by atoms with Crippen LogP contribution < -0.4 is 0 Å². The number of hydrogen-bond acceptors (Lipinski definition) is 2. The van der Waals surface area contributed by atoms with Crippen LogP contribution in [0.3, 0.4) is 0 Å². The van der Waals surface area contributed by atoms with Crippen LogP contribution in [0.2, 0.25) is 5.02 Å². The number of fused-ring (bicyclic) bond motifs is 1. The van der Waals surface area contributed by atoms with Gasteiger partial charge in [0.2, 0.25) is 0 Å². The lowest BCUT2D eigenvalue weighted by atomic mass is 10.3. The first-order chi connectivity index (χ1) is 10.2. The molecule has 0 amide bonds. The fourth-order valence-electron chi connectivity index (χ4n) is 2.95. The number of hydrogen-bond donors (Lipinski definition) is 0. The van der Waals surface area contributed by atoms with Crippen molar-refractivity contribution >= 4 is 34.2 Å². The fraction of sp³-hybridized carbons (Fsp3) is 0.562. The third-order valence-electron chi connectivity index (χ3n) is 4.21. The number of para-hydroxylation sites is 1. The molecule has 0 radical (unpaired) electrons. The smallest absolute Gasteiger partial charge is 0.111 e. The van der Waals surface area contributed by atoms with Crippen molar-refractivity contribution in [2.75, 3.05) is 19.0 Å². The van der Waals surface area contributed by atoms with Crippen LogP contribution in [0, 0.1) is 0 Å². The van der Waals surface area contributed by atoms with E-state index in [2.05, 4.69) is 22.5 Å². The van der Waals surface area contributed by atoms with Crippen LogP contribution in [0.4, 0.5) is 0 Å². The highest BCUT2D eigenvalue weighted by Gasteiger charge is 2.27. The molecule has 1 aliphatic rings. The van der Waals surface area contributed by atoms with E-state index in [1.165, 1.54) is 12.8 Å². The van der Waals surface area contributed by atoms with Gasteiger partial charge >= 0.3 is 0 Å². The van der Waals surface area contributed by atoms with Gasteiger partial charge in [0.1, 0.15) is 11.3 Å². The first kappa shape index (κ1) is 15.1. The van der Waals surface area contributed by atoms with Gasteiger partial charge < -0.3 is 4.57 Å². The second-order valence-corrected chi connectivity index (χ2v) is 6.37. The summed E-state index contributed by atoms with van der Waals surface area (Å²) in [6.45, 7) is 5.37. The lowest BCUT2D eigenvalue weighted by molar-refractivity contribution is 0.266. The van der Waals surface area contributed by atoms with Crippen molar-refractivity contribution in [3.8, 4) is 0 Å². The topological polar surface area (TPSA) is 21.1 Å². The Kier molecular flexibility index (Phi) is 4.72. The number of halogens is 2. The third-order valence-corrected chi connectivity index (χ3v) is 4.70. The lowest BCUT2D eigenvalue weighted by Crippen LogP contribution is -2.29. The highest BCUT2D eigenvalue weighted by atomic mass is 35.5. The maximum atomic E-state index is 6.27. The molecular formula is C16H21Cl2N3. The first-order valence-electron chi connectivity index (χ1n) is 7.68. The van der Waals surface area contributed by atoms with Gasteiger partial charge in [-0.1, -0.05) is 24.6 Å². The molecule has 3 rings (SSSR count). The first-order valence-corrected chi connectivity index (χ1v) is 8.59. The Hall–Kier alpha value is -0.770. The van der Waals surface area contributed by atoms with Crippen molar-refractivity contribution in [2.24, 2.45) is 0 Å². The predicted octanol–water partition coefficient (Wildman–Crippen LogP) is 3.96. The quantitative estimate of drug-likeness (QED) is 0.718. The molecule has 1 saturated carbocycles. The third kappa shape index (κ3) is 3.20. The molecule has 0 N–H and O–H groups in total. The van der Waals surface area contributed by atoms with Gasteiger partial charge in [-0.15, -0.1) is 11.6 Å². The van der Waals surface area contributed by atoms with E-state index in [1.54, 1.807) is 0 Å². The summed E-state index contributed by atoms with van der Waals surface area (Å²) in [5, 5.41) is 0.719. The summed E-state index contributed by atoms with van der Waals surface area (Å²) in [6, 6.07) is 6.78. The van der Waals surface area contributed by atoms with E-state index in [9.17, 15) is 0 Å². The summed E-state index contributed by atoms with van der Waals surface area (Å²) >= 11 is 12.2. The van der Waals surface area contributed by atoms with Gasteiger partial charge in [-0.25, -0.2) is 4.98 Å². The van der Waals surface area contributed by atoms with E-state index in [1.807, 2.05) is 12.1 Å². The number of likely N-dealkylation sites (N-methyl/N-ethyl adjacent to an activating group) is 1. The van der Waals surface area contributed by atoms with Crippen molar-refractivity contribution in [2.45, 2.75) is 38.8 Å². The Bertz CT molecular complexity index is 619. The van der Waals surface area contributed by atoms with Gasteiger partial charge in [0.25, 0.3) is 0 Å². The zero-order valence-corrected chi connectivity index (χ0v) is 13.9. The second-order valence-electron chi connectivity index (χ2n) is 5.59. The molecule has 5 heteroatoms. The van der Waals surface area contributed by atoms with Crippen LogP contribution in [0.25, 0.3) is 11.0 Å². The molecule has 114 valence electrons. The van der Waals surface area contributed by atoms with E-state index in [0.717, 1.165) is 54.0 Å². The molecule has 0 saturated heterocycles. The minimum atomic E-state index is 0.584. The Morgan fingerprint density at radius 1 is 1.38 bits per heavy atom. The Labute approximate surface area is 135 Å². The monoisotopic (exact) mass is 325 g/mol. The number of nitrogens with zero attached hydrogens (tertiary/aromatic N) is 3. The molecule has 1 aliphatic carbocycles. The van der Waals surface area contributed by atoms with Crippen LogP contribution in [0.15, 0.2) is 18.2 Å². The van der Waals surface area contributed by atoms with Gasteiger partial charge in [0.05, 0.1) is 10.5 Å². The SMILES string of the molecule is CCN(CCn1c(CCCl)nc2c(Cl)cccc21)C1CC1. The van der Waals surface area contributed by atoms with E-state index < -0.39 is 0 Å². The number of alkyl halides is 1. The molecule has 0 unspecified atom stereocenters. The Balaban J connectivity index is 1.87. The summed E-state index contributed by atoms with van der Waals surface area (Å²) in [5.41, 5.74) is 2.02. The standard InChI is InChI=1S/C16H21Cl2N3/c1-2-20(12-6-7-12)10-11-21-14-5-3-4-13(18)16(14)19-15(21)8-9-17/h3-5,12H,2,6-11H2,1H3. The molecule has 1 heterocycles. The van der Waals surface area contributed by atoms with Gasteiger partial charge in [-0.05, 0) is 31.5 Å². The zero-order valence-electron chi connectivity index (χ0n) is 12.4. The molecule has 3 nitrogen and oxygen atoms in total. The predicted molar refractivity (Wildman–Crippen MR) is 89.4 cm³/mol. The maximum absolute atomic E-state index is 6.27. The van der Waals surface area contributed by atoms with Gasteiger partial charge in [-0.3, -0.25) is 4.90 Å². The van der Waals surface area contributed by atoms with E-state index in [0.29, 0.717) is 5.88 Å². The number of rotatable bonds is 7. The minimum Gasteiger partial charge on any atom is -0.327 e. The van der Waals surface area contributed by atoms with E-state index in [4.69, 9.17) is 28.2 Å². The normalized spacial score (nSPS) is 15.2. The fourth-order valence-corrected chi connectivity index (χ4v) is 3.33. The van der Waals surface area contributed by atoms with Gasteiger partial charge in [0, 0.05) is 31.4 Å². The summed E-state index contributed by atoms with van der Waals surface area (Å²) in [6.07, 6.45) is 3.47. The van der Waals surface area contributed by atoms with Gasteiger partial charge in [0.15, 0.2) is 0 Å². The summed E-state index contributed by atoms with van der Waals surface area (Å²) in [4.78, 5) is 7.25. The van der Waals surface area contributed by atoms with E-state index in [-0.39, 0.29) is 0 Å². The van der Waals surface area contributed by atoms with Crippen molar-refractivity contribution < 1.29 is 0 Å². The average Bonchev–Trinajstić information content (AvgIpc) is 3.25. The molecule has 0 bridgehead atoms. The molecule has 1 fully saturated rings. The number of aryl methyl sites for hydroxylation is 1. The number of aromatic nitrogens is 2. The summed E-state index contributed by atoms with van der Waals surface area (Å²) < 4.78 is 2.29. The molecule has 21 heavy (non-hydrogen) atoms. The zero-order chi connectivity index (χ0) is 14.8. The lowest BCUT2D eigenvalue weighted by Gasteiger charge is -2.20. The maximum Gasteiger partial charge on any atom is 0.111 e. The summed E-state index contributed by atoms with van der Waals surface area (Å²) in [7, 11) is 0. The highest BCUT2D eigenvalue weighted by molar-refractivity contribution is 6.34. The molecular weight excluding hydrogens is 305 g/mol. The molecule has 1 aromatic heterocycles. The van der Waals surface area contributed by atoms with Crippen molar-refractivity contribution in [3.63, 3.8) is 0 Å². The van der Waals surface area contributed by atoms with Gasteiger partial charge in [-0.2, -0.15) is 0 Å². The number of benzene rings is 1. The summed E-state index contributed by atoms with van der Waals surface area (Å²) in [5.74, 6) is 1.63. The highest BCUT2D eigenvalue weighted by Crippen LogP contribution is 2.27. The number of imidazole rings is 1. The van der Waals surface area contributed by atoms with Crippen LogP contribution in [0.1, 0.15) is 25.6 Å². The molecule has 0 aliphatic heterocycles. The largest absolute Gasteiger partial charge is 0.327 e. The molecule has 0 atom stereocenters. The Morgan fingerprint density at radius 3 is 2.86 bits per heavy atom. The molecule has 1 aromatic carbocycles. The average molecular weight is 326 g/mol. The van der Waals surface area contributed by atoms with Crippen LogP contribution in [-0.4, -0.2) is 39.5 Å². The van der Waals surface area contributed by atoms with Crippen LogP contribution >= 0.6 is 23.2 Å².